The number of rotatable bonds is 11. The Bertz CT molecular complexity index is 710. The summed E-state index contributed by atoms with van der Waals surface area (Å²) in [6.07, 6.45) is 0.246. The Balaban J connectivity index is 2.42. The second kappa shape index (κ2) is 12.1. The van der Waals surface area contributed by atoms with Gasteiger partial charge in [0, 0.05) is 6.54 Å². The summed E-state index contributed by atoms with van der Waals surface area (Å²) in [6, 6.07) is 5.74. The van der Waals surface area contributed by atoms with Crippen molar-refractivity contribution in [2.24, 2.45) is 10.7 Å². The Labute approximate surface area is 160 Å². The smallest absolute Gasteiger partial charge is 0.419 e. The van der Waals surface area contributed by atoms with Crippen molar-refractivity contribution in [2.45, 2.75) is 25.3 Å². The van der Waals surface area contributed by atoms with Gasteiger partial charge in [0.05, 0.1) is 0 Å². The maximum atomic E-state index is 11.8. The lowest BCUT2D eigenvalue weighted by molar-refractivity contribution is -0.757. The van der Waals surface area contributed by atoms with Crippen molar-refractivity contribution in [3.05, 3.63) is 39.9 Å². The number of amides is 1. The van der Waals surface area contributed by atoms with Crippen molar-refractivity contribution in [1.82, 2.24) is 10.6 Å². The van der Waals surface area contributed by atoms with Crippen molar-refractivity contribution in [2.75, 3.05) is 20.2 Å². The maximum absolute atomic E-state index is 11.8. The molecule has 0 spiro atoms. The molecule has 12 nitrogen and oxygen atoms in total. The maximum Gasteiger partial charge on any atom is 0.419 e. The highest BCUT2D eigenvalue weighted by Crippen LogP contribution is 2.14. The van der Waals surface area contributed by atoms with Gasteiger partial charge < -0.3 is 25.7 Å². The minimum absolute atomic E-state index is 0.113. The third-order valence-corrected chi connectivity index (χ3v) is 3.51. The Morgan fingerprint density at radius 2 is 2.18 bits per heavy atom. The summed E-state index contributed by atoms with van der Waals surface area (Å²) >= 11 is 0. The van der Waals surface area contributed by atoms with Crippen LogP contribution in [-0.2, 0) is 16.1 Å². The predicted octanol–water partition coefficient (Wildman–Crippen LogP) is 0.293. The molecule has 0 fully saturated rings. The van der Waals surface area contributed by atoms with Crippen LogP contribution in [-0.4, -0.2) is 54.5 Å². The van der Waals surface area contributed by atoms with Gasteiger partial charge in [-0.3, -0.25) is 15.1 Å². The molecular formula is C16H23N5O7. The molecule has 1 unspecified atom stereocenters. The third kappa shape index (κ3) is 9.33. The number of carboxylic acids is 1. The standard InChI is InChI=1S/C16H23N5O7/c1-18-13(14(22)23)6-3-8-19-15(17)20-16(24)28-12-5-2-4-11(10-12)7-9-27-21(25)26/h2,4-5,10,13,18H,3,6-9H2,1H3,(H,22,23)(H3,17,19,20,24). The molecule has 0 bridgehead atoms. The summed E-state index contributed by atoms with van der Waals surface area (Å²) in [4.78, 5) is 41.0. The number of carbonyl (C=O) groups excluding carboxylic acids is 1. The highest BCUT2D eigenvalue weighted by atomic mass is 16.9. The van der Waals surface area contributed by atoms with Gasteiger partial charge in [0.15, 0.2) is 5.96 Å². The number of aliphatic imine (C=N–C) groups is 1. The summed E-state index contributed by atoms with van der Waals surface area (Å²) in [5, 5.41) is 23.1. The highest BCUT2D eigenvalue weighted by Gasteiger charge is 2.13. The molecule has 0 aromatic heterocycles. The highest BCUT2D eigenvalue weighted by molar-refractivity contribution is 5.93. The van der Waals surface area contributed by atoms with Gasteiger partial charge >= 0.3 is 12.1 Å². The first kappa shape index (κ1) is 22.6. The summed E-state index contributed by atoms with van der Waals surface area (Å²) < 4.78 is 5.07. The fraction of sp³-hybridized carbons (Fsp3) is 0.438. The molecule has 0 aliphatic rings. The molecule has 1 amide bonds. The SMILES string of the molecule is CNC(CCCN=C(N)NC(=O)Oc1cccc(CCO[N+](=O)[O-])c1)C(=O)O. The van der Waals surface area contributed by atoms with Gasteiger partial charge in [-0.2, -0.15) is 0 Å². The second-order valence-corrected chi connectivity index (χ2v) is 5.56. The Morgan fingerprint density at radius 3 is 2.82 bits per heavy atom. The first-order valence-corrected chi connectivity index (χ1v) is 8.37. The van der Waals surface area contributed by atoms with E-state index in [1.165, 1.54) is 6.07 Å². The van der Waals surface area contributed by atoms with E-state index >= 15 is 0 Å². The van der Waals surface area contributed by atoms with Gasteiger partial charge in [0.2, 0.25) is 0 Å². The number of nitrogens with zero attached hydrogens (tertiary/aromatic N) is 2. The molecule has 1 aromatic rings. The van der Waals surface area contributed by atoms with Crippen LogP contribution < -0.4 is 21.1 Å². The number of hydrogen-bond acceptors (Lipinski definition) is 8. The number of nitrogens with one attached hydrogen (secondary N) is 2. The molecule has 28 heavy (non-hydrogen) atoms. The Morgan fingerprint density at radius 1 is 1.43 bits per heavy atom. The third-order valence-electron chi connectivity index (χ3n) is 3.51. The summed E-state index contributed by atoms with van der Waals surface area (Å²) in [5.74, 6) is -0.882. The zero-order chi connectivity index (χ0) is 20.9. The topological polar surface area (TPSA) is 178 Å². The first-order chi connectivity index (χ1) is 13.3. The van der Waals surface area contributed by atoms with E-state index in [-0.39, 0.29) is 31.3 Å². The van der Waals surface area contributed by atoms with Crippen molar-refractivity contribution in [3.8, 4) is 5.75 Å². The van der Waals surface area contributed by atoms with E-state index < -0.39 is 23.2 Å². The minimum atomic E-state index is -0.951. The number of nitrogens with two attached hydrogens (primary N) is 1. The fourth-order valence-corrected chi connectivity index (χ4v) is 2.17. The van der Waals surface area contributed by atoms with Gasteiger partial charge in [0.25, 0.3) is 5.09 Å². The zero-order valence-electron chi connectivity index (χ0n) is 15.3. The van der Waals surface area contributed by atoms with Crippen LogP contribution in [0, 0.1) is 10.1 Å². The number of carbonyl (C=O) groups is 2. The van der Waals surface area contributed by atoms with E-state index in [1.807, 2.05) is 0 Å². The van der Waals surface area contributed by atoms with E-state index in [9.17, 15) is 19.7 Å². The lowest BCUT2D eigenvalue weighted by Crippen LogP contribution is -2.39. The van der Waals surface area contributed by atoms with Crippen LogP contribution in [0.4, 0.5) is 4.79 Å². The van der Waals surface area contributed by atoms with Crippen LogP contribution in [0.1, 0.15) is 18.4 Å². The molecule has 1 rings (SSSR count). The average molecular weight is 397 g/mol. The van der Waals surface area contributed by atoms with Crippen LogP contribution in [0.5, 0.6) is 5.75 Å². The van der Waals surface area contributed by atoms with E-state index in [0.717, 1.165) is 0 Å². The average Bonchev–Trinajstić information content (AvgIpc) is 2.61. The minimum Gasteiger partial charge on any atom is -0.480 e. The number of carboxylic acid groups (broad SMARTS) is 1. The Hall–Kier alpha value is -3.41. The molecule has 0 aliphatic heterocycles. The molecule has 154 valence electrons. The summed E-state index contributed by atoms with van der Waals surface area (Å²) in [5.41, 5.74) is 6.27. The molecule has 5 N–H and O–H groups in total. The van der Waals surface area contributed by atoms with Crippen molar-refractivity contribution in [3.63, 3.8) is 0 Å². The van der Waals surface area contributed by atoms with Gasteiger partial charge in [-0.25, -0.2) is 4.79 Å². The molecular weight excluding hydrogens is 374 g/mol. The van der Waals surface area contributed by atoms with E-state index in [1.54, 1.807) is 25.2 Å². The van der Waals surface area contributed by atoms with Crippen molar-refractivity contribution >= 4 is 18.0 Å². The van der Waals surface area contributed by atoms with E-state index in [4.69, 9.17) is 15.6 Å². The van der Waals surface area contributed by atoms with Gasteiger partial charge in [-0.1, -0.05) is 12.1 Å². The molecule has 1 aromatic carbocycles. The van der Waals surface area contributed by atoms with Crippen molar-refractivity contribution in [1.29, 1.82) is 0 Å². The van der Waals surface area contributed by atoms with Crippen molar-refractivity contribution < 1.29 is 29.4 Å². The molecule has 12 heteroatoms. The number of ether oxygens (including phenoxy) is 1. The molecule has 0 saturated carbocycles. The number of guanidine groups is 1. The normalized spacial score (nSPS) is 12.1. The van der Waals surface area contributed by atoms with Crippen LogP contribution >= 0.6 is 0 Å². The van der Waals surface area contributed by atoms with Crippen LogP contribution in [0.25, 0.3) is 0 Å². The summed E-state index contributed by atoms with van der Waals surface area (Å²) in [7, 11) is 1.55. The van der Waals surface area contributed by atoms with Gasteiger partial charge in [-0.15, -0.1) is 10.1 Å². The number of likely N-dealkylation sites (N-methyl/N-ethyl adjacent to an activating group) is 1. The largest absolute Gasteiger partial charge is 0.480 e. The zero-order valence-corrected chi connectivity index (χ0v) is 15.3. The van der Waals surface area contributed by atoms with Crippen LogP contribution in [0.2, 0.25) is 0 Å². The van der Waals surface area contributed by atoms with Crippen LogP contribution in [0.15, 0.2) is 29.3 Å². The molecule has 0 radical (unpaired) electrons. The predicted molar refractivity (Wildman–Crippen MR) is 98.5 cm³/mol. The van der Waals surface area contributed by atoms with Crippen LogP contribution in [0.3, 0.4) is 0 Å². The number of benzene rings is 1. The molecule has 0 saturated heterocycles. The number of hydrogen-bond donors (Lipinski definition) is 4. The quantitative estimate of drug-likeness (QED) is 0.134. The lowest BCUT2D eigenvalue weighted by atomic mass is 10.1. The fourth-order valence-electron chi connectivity index (χ4n) is 2.17. The second-order valence-electron chi connectivity index (χ2n) is 5.56. The van der Waals surface area contributed by atoms with Gasteiger partial charge in [0.1, 0.15) is 18.4 Å². The molecule has 0 heterocycles. The Kier molecular flexibility index (Phi) is 9.75. The van der Waals surface area contributed by atoms with E-state index in [2.05, 4.69) is 20.5 Å². The lowest BCUT2D eigenvalue weighted by Gasteiger charge is -2.10. The molecule has 1 atom stereocenters. The van der Waals surface area contributed by atoms with E-state index in [0.29, 0.717) is 18.4 Å². The van der Waals surface area contributed by atoms with Gasteiger partial charge in [-0.05, 0) is 44.0 Å². The molecule has 0 aliphatic carbocycles. The first-order valence-electron chi connectivity index (χ1n) is 8.37. The monoisotopic (exact) mass is 397 g/mol. The number of aliphatic carboxylic acids is 1. The summed E-state index contributed by atoms with van der Waals surface area (Å²) in [6.45, 7) is 0.127.